The second-order valence-electron chi connectivity index (χ2n) is 4.10. The minimum absolute atomic E-state index is 0.0839. The second kappa shape index (κ2) is 7.46. The summed E-state index contributed by atoms with van der Waals surface area (Å²) in [6.07, 6.45) is 2.93. The molecular formula is C13H16BrF2NO. The minimum Gasteiger partial charge on any atom is -0.342 e. The zero-order valence-electron chi connectivity index (χ0n) is 10.3. The van der Waals surface area contributed by atoms with E-state index in [1.54, 1.807) is 7.05 Å². The monoisotopic (exact) mass is 319 g/mol. The lowest BCUT2D eigenvalue weighted by Crippen LogP contribution is -2.28. The van der Waals surface area contributed by atoms with Gasteiger partial charge in [-0.05, 0) is 25.0 Å². The number of nitrogens with zero attached hydrogens (tertiary/aromatic N) is 1. The Balaban J connectivity index is 2.57. The summed E-state index contributed by atoms with van der Waals surface area (Å²) in [4.78, 5) is 13.4. The van der Waals surface area contributed by atoms with Gasteiger partial charge in [0.15, 0.2) is 0 Å². The van der Waals surface area contributed by atoms with Gasteiger partial charge in [-0.25, -0.2) is 8.78 Å². The molecule has 0 spiro atoms. The van der Waals surface area contributed by atoms with E-state index in [4.69, 9.17) is 0 Å². The number of carbonyl (C=O) groups is 1. The van der Waals surface area contributed by atoms with Crippen molar-refractivity contribution < 1.29 is 13.6 Å². The standard InChI is InChI=1S/C13H16BrF2NO/c1-17(8-4-2-3-7-14)13(18)11-6-5-10(15)9-12(11)16/h5-6,9H,2-4,7-8H2,1H3. The highest BCUT2D eigenvalue weighted by Gasteiger charge is 2.16. The van der Waals surface area contributed by atoms with Crippen LogP contribution in [0.25, 0.3) is 0 Å². The number of rotatable bonds is 6. The molecule has 0 unspecified atom stereocenters. The topological polar surface area (TPSA) is 20.3 Å². The van der Waals surface area contributed by atoms with Crippen LogP contribution in [0.4, 0.5) is 8.78 Å². The first-order valence-corrected chi connectivity index (χ1v) is 6.95. The van der Waals surface area contributed by atoms with Crippen LogP contribution in [-0.4, -0.2) is 29.7 Å². The third-order valence-electron chi connectivity index (χ3n) is 2.64. The lowest BCUT2D eigenvalue weighted by Gasteiger charge is -2.17. The van der Waals surface area contributed by atoms with Crippen LogP contribution in [0.2, 0.25) is 0 Å². The van der Waals surface area contributed by atoms with Crippen molar-refractivity contribution in [1.29, 1.82) is 0 Å². The Morgan fingerprint density at radius 3 is 2.61 bits per heavy atom. The number of hydrogen-bond donors (Lipinski definition) is 0. The van der Waals surface area contributed by atoms with E-state index in [9.17, 15) is 13.6 Å². The predicted octanol–water partition coefficient (Wildman–Crippen LogP) is 3.60. The molecule has 0 aromatic heterocycles. The number of benzene rings is 1. The van der Waals surface area contributed by atoms with Gasteiger partial charge in [-0.1, -0.05) is 22.4 Å². The van der Waals surface area contributed by atoms with Crippen LogP contribution in [-0.2, 0) is 0 Å². The quantitative estimate of drug-likeness (QED) is 0.579. The van der Waals surface area contributed by atoms with Crippen LogP contribution < -0.4 is 0 Å². The molecule has 1 amide bonds. The van der Waals surface area contributed by atoms with E-state index in [1.807, 2.05) is 0 Å². The summed E-state index contributed by atoms with van der Waals surface area (Å²) in [5, 5.41) is 0.942. The molecule has 0 atom stereocenters. The first-order valence-electron chi connectivity index (χ1n) is 5.82. The van der Waals surface area contributed by atoms with Crippen molar-refractivity contribution in [1.82, 2.24) is 4.90 Å². The Morgan fingerprint density at radius 1 is 1.28 bits per heavy atom. The van der Waals surface area contributed by atoms with Crippen molar-refractivity contribution in [3.05, 3.63) is 35.4 Å². The molecule has 2 nitrogen and oxygen atoms in total. The van der Waals surface area contributed by atoms with Crippen molar-refractivity contribution in [3.63, 3.8) is 0 Å². The molecule has 0 N–H and O–H groups in total. The highest BCUT2D eigenvalue weighted by molar-refractivity contribution is 9.09. The van der Waals surface area contributed by atoms with Gasteiger partial charge in [-0.15, -0.1) is 0 Å². The third kappa shape index (κ3) is 4.37. The summed E-state index contributed by atoms with van der Waals surface area (Å²) in [6, 6.07) is 3.00. The van der Waals surface area contributed by atoms with Crippen LogP contribution in [0.5, 0.6) is 0 Å². The molecule has 0 saturated carbocycles. The third-order valence-corrected chi connectivity index (χ3v) is 3.20. The van der Waals surface area contributed by atoms with E-state index in [2.05, 4.69) is 15.9 Å². The molecule has 1 aromatic rings. The van der Waals surface area contributed by atoms with Gasteiger partial charge >= 0.3 is 0 Å². The van der Waals surface area contributed by atoms with Crippen LogP contribution in [0.1, 0.15) is 29.6 Å². The summed E-state index contributed by atoms with van der Waals surface area (Å²) in [5.74, 6) is -1.90. The zero-order chi connectivity index (χ0) is 13.5. The Bertz CT molecular complexity index is 412. The van der Waals surface area contributed by atoms with Gasteiger partial charge in [-0.2, -0.15) is 0 Å². The van der Waals surface area contributed by atoms with Crippen LogP contribution in [0.15, 0.2) is 18.2 Å². The molecule has 0 radical (unpaired) electrons. The Labute approximate surface area is 114 Å². The summed E-state index contributed by atoms with van der Waals surface area (Å²) in [6.45, 7) is 0.572. The molecule has 1 aromatic carbocycles. The number of alkyl halides is 1. The van der Waals surface area contributed by atoms with Crippen LogP contribution in [0, 0.1) is 11.6 Å². The fraction of sp³-hybridized carbons (Fsp3) is 0.462. The molecule has 0 heterocycles. The zero-order valence-corrected chi connectivity index (χ0v) is 11.8. The first-order chi connectivity index (χ1) is 8.56. The maximum atomic E-state index is 13.4. The van der Waals surface area contributed by atoms with Crippen molar-refractivity contribution in [2.24, 2.45) is 0 Å². The lowest BCUT2D eigenvalue weighted by atomic mass is 10.1. The van der Waals surface area contributed by atoms with E-state index >= 15 is 0 Å². The molecule has 0 aliphatic carbocycles. The van der Waals surface area contributed by atoms with E-state index in [0.717, 1.165) is 36.7 Å². The van der Waals surface area contributed by atoms with Crippen molar-refractivity contribution >= 4 is 21.8 Å². The fourth-order valence-electron chi connectivity index (χ4n) is 1.59. The van der Waals surface area contributed by atoms with Crippen molar-refractivity contribution in [2.75, 3.05) is 18.9 Å². The summed E-state index contributed by atoms with van der Waals surface area (Å²) in [7, 11) is 1.62. The molecule has 5 heteroatoms. The van der Waals surface area contributed by atoms with E-state index in [1.165, 1.54) is 11.0 Å². The number of carbonyl (C=O) groups excluding carboxylic acids is 1. The summed E-state index contributed by atoms with van der Waals surface area (Å²) < 4.78 is 26.1. The first kappa shape index (κ1) is 15.1. The Morgan fingerprint density at radius 2 is 2.00 bits per heavy atom. The highest BCUT2D eigenvalue weighted by atomic mass is 79.9. The number of amides is 1. The van der Waals surface area contributed by atoms with Gasteiger partial charge in [0.25, 0.3) is 5.91 Å². The normalized spacial score (nSPS) is 10.4. The Kier molecular flexibility index (Phi) is 6.25. The van der Waals surface area contributed by atoms with Crippen LogP contribution >= 0.6 is 15.9 Å². The number of unbranched alkanes of at least 4 members (excludes halogenated alkanes) is 2. The maximum absolute atomic E-state index is 13.4. The van der Waals surface area contributed by atoms with E-state index in [0.29, 0.717) is 6.54 Å². The molecular weight excluding hydrogens is 304 g/mol. The lowest BCUT2D eigenvalue weighted by molar-refractivity contribution is 0.0788. The van der Waals surface area contributed by atoms with Gasteiger partial charge in [-0.3, -0.25) is 4.79 Å². The van der Waals surface area contributed by atoms with Crippen molar-refractivity contribution in [3.8, 4) is 0 Å². The van der Waals surface area contributed by atoms with Gasteiger partial charge in [0.1, 0.15) is 11.6 Å². The molecule has 18 heavy (non-hydrogen) atoms. The van der Waals surface area contributed by atoms with Gasteiger partial charge in [0.2, 0.25) is 0 Å². The summed E-state index contributed by atoms with van der Waals surface area (Å²) >= 11 is 3.33. The predicted molar refractivity (Wildman–Crippen MR) is 71.0 cm³/mol. The molecule has 0 aliphatic rings. The van der Waals surface area contributed by atoms with Gasteiger partial charge in [0, 0.05) is 25.0 Å². The largest absolute Gasteiger partial charge is 0.342 e. The maximum Gasteiger partial charge on any atom is 0.256 e. The average Bonchev–Trinajstić information content (AvgIpc) is 2.33. The molecule has 100 valence electrons. The molecule has 0 saturated heterocycles. The van der Waals surface area contributed by atoms with Crippen LogP contribution in [0.3, 0.4) is 0 Å². The van der Waals surface area contributed by atoms with E-state index < -0.39 is 17.5 Å². The highest BCUT2D eigenvalue weighted by Crippen LogP contribution is 2.12. The van der Waals surface area contributed by atoms with Gasteiger partial charge in [0.05, 0.1) is 5.56 Å². The number of hydrogen-bond acceptors (Lipinski definition) is 1. The smallest absolute Gasteiger partial charge is 0.256 e. The minimum atomic E-state index is -0.813. The fourth-order valence-corrected chi connectivity index (χ4v) is 1.99. The molecule has 0 fully saturated rings. The molecule has 0 bridgehead atoms. The number of halogens is 3. The molecule has 0 aliphatic heterocycles. The average molecular weight is 320 g/mol. The second-order valence-corrected chi connectivity index (χ2v) is 4.89. The van der Waals surface area contributed by atoms with Gasteiger partial charge < -0.3 is 4.90 Å². The van der Waals surface area contributed by atoms with E-state index in [-0.39, 0.29) is 5.56 Å². The SMILES string of the molecule is CN(CCCCCBr)C(=O)c1ccc(F)cc1F. The van der Waals surface area contributed by atoms with Crippen molar-refractivity contribution in [2.45, 2.75) is 19.3 Å². The Hall–Kier alpha value is -0.970. The summed E-state index contributed by atoms with van der Waals surface area (Å²) in [5.41, 5.74) is -0.0839. The molecule has 1 rings (SSSR count).